The lowest BCUT2D eigenvalue weighted by molar-refractivity contribution is 0.681. The predicted molar refractivity (Wildman–Crippen MR) is 64.4 cm³/mol. The fourth-order valence-corrected chi connectivity index (χ4v) is 2.17. The van der Waals surface area contributed by atoms with Crippen LogP contribution < -0.4 is 4.90 Å². The van der Waals surface area contributed by atoms with Gasteiger partial charge in [0.1, 0.15) is 11.0 Å². The van der Waals surface area contributed by atoms with Gasteiger partial charge in [0.25, 0.3) is 0 Å². The lowest BCUT2D eigenvalue weighted by atomic mass is 10.0. The van der Waals surface area contributed by atoms with E-state index in [2.05, 4.69) is 29.8 Å². The largest absolute Gasteiger partial charge is 0.356 e. The van der Waals surface area contributed by atoms with Crippen molar-refractivity contribution in [3.8, 4) is 0 Å². The van der Waals surface area contributed by atoms with Crippen LogP contribution in [-0.2, 0) is 6.42 Å². The molecule has 1 aliphatic heterocycles. The van der Waals surface area contributed by atoms with Crippen LogP contribution in [0.3, 0.4) is 0 Å². The summed E-state index contributed by atoms with van der Waals surface area (Å²) in [6.45, 7) is 6.38. The second-order valence-corrected chi connectivity index (χ2v) is 4.74. The number of aryl methyl sites for hydroxylation is 1. The molecular weight excluding hydrogens is 208 g/mol. The molecule has 0 fully saturated rings. The molecule has 1 aliphatic rings. The third-order valence-corrected chi connectivity index (χ3v) is 2.81. The SMILES string of the molecule is C[C](C)CN1CCCc2ccc(Cl)nc21. The molecule has 1 aromatic rings. The van der Waals surface area contributed by atoms with E-state index in [1.54, 1.807) is 0 Å². The summed E-state index contributed by atoms with van der Waals surface area (Å²) in [5.74, 6) is 2.49. The Kier molecular flexibility index (Phi) is 3.15. The number of aromatic nitrogens is 1. The quantitative estimate of drug-likeness (QED) is 0.717. The minimum absolute atomic E-state index is 0.592. The van der Waals surface area contributed by atoms with Gasteiger partial charge in [-0.15, -0.1) is 0 Å². The normalized spacial score (nSPS) is 15.6. The smallest absolute Gasteiger partial charge is 0.133 e. The first-order chi connectivity index (χ1) is 7.16. The van der Waals surface area contributed by atoms with Crippen LogP contribution in [0.5, 0.6) is 0 Å². The molecule has 15 heavy (non-hydrogen) atoms. The van der Waals surface area contributed by atoms with E-state index in [1.165, 1.54) is 17.9 Å². The fourth-order valence-electron chi connectivity index (χ4n) is 2.03. The molecule has 0 bridgehead atoms. The molecule has 0 spiro atoms. The van der Waals surface area contributed by atoms with Crippen molar-refractivity contribution in [2.45, 2.75) is 26.7 Å². The molecule has 0 aliphatic carbocycles. The van der Waals surface area contributed by atoms with Crippen molar-refractivity contribution in [3.63, 3.8) is 0 Å². The Morgan fingerprint density at radius 2 is 2.27 bits per heavy atom. The molecular formula is C12H16ClN2. The zero-order chi connectivity index (χ0) is 10.8. The molecule has 2 nitrogen and oxygen atoms in total. The number of halogens is 1. The van der Waals surface area contributed by atoms with E-state index in [0.29, 0.717) is 5.15 Å². The summed E-state index contributed by atoms with van der Waals surface area (Å²) in [6.07, 6.45) is 2.34. The summed E-state index contributed by atoms with van der Waals surface area (Å²) in [5, 5.41) is 0.592. The molecule has 2 heterocycles. The van der Waals surface area contributed by atoms with Crippen LogP contribution in [0.25, 0.3) is 0 Å². The maximum atomic E-state index is 5.93. The van der Waals surface area contributed by atoms with Crippen molar-refractivity contribution in [3.05, 3.63) is 28.8 Å². The van der Waals surface area contributed by atoms with E-state index < -0.39 is 0 Å². The Balaban J connectivity index is 2.28. The molecule has 0 saturated heterocycles. The molecule has 0 unspecified atom stereocenters. The number of pyridine rings is 1. The first-order valence-corrected chi connectivity index (χ1v) is 5.74. The van der Waals surface area contributed by atoms with Crippen molar-refractivity contribution >= 4 is 17.4 Å². The second kappa shape index (κ2) is 4.40. The summed E-state index contributed by atoms with van der Waals surface area (Å²) in [4.78, 5) is 6.75. The number of hydrogen-bond donors (Lipinski definition) is 0. The first-order valence-electron chi connectivity index (χ1n) is 5.36. The van der Waals surface area contributed by atoms with Gasteiger partial charge >= 0.3 is 0 Å². The van der Waals surface area contributed by atoms with E-state index in [1.807, 2.05) is 6.07 Å². The third kappa shape index (κ3) is 2.43. The number of rotatable bonds is 2. The Hall–Kier alpha value is -0.760. The second-order valence-electron chi connectivity index (χ2n) is 4.35. The molecule has 2 rings (SSSR count). The molecule has 0 atom stereocenters. The molecule has 81 valence electrons. The van der Waals surface area contributed by atoms with E-state index >= 15 is 0 Å². The van der Waals surface area contributed by atoms with Gasteiger partial charge in [-0.25, -0.2) is 4.98 Å². The molecule has 3 heteroatoms. The molecule has 1 radical (unpaired) electrons. The fraction of sp³-hybridized carbons (Fsp3) is 0.500. The van der Waals surface area contributed by atoms with Crippen LogP contribution in [0.4, 0.5) is 5.82 Å². The Labute approximate surface area is 96.3 Å². The monoisotopic (exact) mass is 223 g/mol. The van der Waals surface area contributed by atoms with Gasteiger partial charge < -0.3 is 4.90 Å². The van der Waals surface area contributed by atoms with E-state index in [9.17, 15) is 0 Å². The highest BCUT2D eigenvalue weighted by atomic mass is 35.5. The van der Waals surface area contributed by atoms with Gasteiger partial charge in [-0.3, -0.25) is 0 Å². The van der Waals surface area contributed by atoms with E-state index in [0.717, 1.165) is 25.3 Å². The van der Waals surface area contributed by atoms with Gasteiger partial charge in [-0.05, 0) is 30.4 Å². The van der Waals surface area contributed by atoms with Gasteiger partial charge in [0.15, 0.2) is 0 Å². The van der Waals surface area contributed by atoms with Gasteiger partial charge in [-0.2, -0.15) is 0 Å². The van der Waals surface area contributed by atoms with Gasteiger partial charge in [0.05, 0.1) is 0 Å². The number of hydrogen-bond acceptors (Lipinski definition) is 2. The van der Waals surface area contributed by atoms with Crippen LogP contribution in [0.1, 0.15) is 25.8 Å². The lowest BCUT2D eigenvalue weighted by Gasteiger charge is -2.31. The number of anilines is 1. The summed E-state index contributed by atoms with van der Waals surface area (Å²) in [5.41, 5.74) is 1.33. The Morgan fingerprint density at radius 3 is 3.00 bits per heavy atom. The molecule has 0 saturated carbocycles. The average Bonchev–Trinajstić information content (AvgIpc) is 2.18. The lowest BCUT2D eigenvalue weighted by Crippen LogP contribution is -2.33. The van der Waals surface area contributed by atoms with Gasteiger partial charge in [0.2, 0.25) is 0 Å². The minimum atomic E-state index is 0.592. The molecule has 0 N–H and O–H groups in total. The highest BCUT2D eigenvalue weighted by Crippen LogP contribution is 2.27. The highest BCUT2D eigenvalue weighted by Gasteiger charge is 2.19. The number of nitrogens with zero attached hydrogens (tertiary/aromatic N) is 2. The maximum absolute atomic E-state index is 5.93. The van der Waals surface area contributed by atoms with Crippen LogP contribution in [0, 0.1) is 5.92 Å². The summed E-state index contributed by atoms with van der Waals surface area (Å²) in [7, 11) is 0. The van der Waals surface area contributed by atoms with Crippen LogP contribution in [0.15, 0.2) is 12.1 Å². The third-order valence-electron chi connectivity index (χ3n) is 2.60. The van der Waals surface area contributed by atoms with Crippen molar-refractivity contribution in [2.24, 2.45) is 0 Å². The van der Waals surface area contributed by atoms with Crippen LogP contribution in [-0.4, -0.2) is 18.1 Å². The zero-order valence-corrected chi connectivity index (χ0v) is 10.0. The minimum Gasteiger partial charge on any atom is -0.356 e. The number of fused-ring (bicyclic) bond motifs is 1. The van der Waals surface area contributed by atoms with E-state index in [-0.39, 0.29) is 0 Å². The Morgan fingerprint density at radius 1 is 1.47 bits per heavy atom. The highest BCUT2D eigenvalue weighted by molar-refractivity contribution is 6.29. The zero-order valence-electron chi connectivity index (χ0n) is 9.26. The first kappa shape index (κ1) is 10.7. The van der Waals surface area contributed by atoms with Gasteiger partial charge in [0, 0.05) is 13.1 Å². The van der Waals surface area contributed by atoms with Crippen molar-refractivity contribution in [1.82, 2.24) is 4.98 Å². The van der Waals surface area contributed by atoms with Crippen LogP contribution in [0.2, 0.25) is 5.15 Å². The van der Waals surface area contributed by atoms with Crippen molar-refractivity contribution < 1.29 is 0 Å². The molecule has 0 amide bonds. The Bertz CT molecular complexity index is 349. The van der Waals surface area contributed by atoms with Gasteiger partial charge in [-0.1, -0.05) is 31.5 Å². The predicted octanol–water partition coefficient (Wildman–Crippen LogP) is 3.10. The molecule has 1 aromatic heterocycles. The molecule has 0 aromatic carbocycles. The summed E-state index contributed by atoms with van der Waals surface area (Å²) >= 11 is 5.93. The summed E-state index contributed by atoms with van der Waals surface area (Å²) in [6, 6.07) is 3.98. The maximum Gasteiger partial charge on any atom is 0.133 e. The van der Waals surface area contributed by atoms with Crippen LogP contribution >= 0.6 is 11.6 Å². The van der Waals surface area contributed by atoms with Crippen molar-refractivity contribution in [2.75, 3.05) is 18.0 Å². The van der Waals surface area contributed by atoms with Crippen molar-refractivity contribution in [1.29, 1.82) is 0 Å². The summed E-state index contributed by atoms with van der Waals surface area (Å²) < 4.78 is 0. The standard InChI is InChI=1S/C12H16ClN2/c1-9(2)8-15-7-3-4-10-5-6-11(13)14-12(10)15/h5-6H,3-4,7-8H2,1-2H3. The average molecular weight is 224 g/mol. The van der Waals surface area contributed by atoms with E-state index in [4.69, 9.17) is 11.6 Å². The topological polar surface area (TPSA) is 16.1 Å².